The molecule has 162 valence electrons. The maximum atomic E-state index is 12.3. The number of aryl methyl sites for hydroxylation is 2. The molecule has 1 N–H and O–H groups in total. The van der Waals surface area contributed by atoms with Crippen LogP contribution in [0.1, 0.15) is 17.0 Å². The maximum absolute atomic E-state index is 12.3. The Morgan fingerprint density at radius 3 is 2.34 bits per heavy atom. The summed E-state index contributed by atoms with van der Waals surface area (Å²) in [7, 11) is 1.61. The zero-order valence-electron chi connectivity index (χ0n) is 18.1. The molecule has 0 aliphatic rings. The minimum Gasteiger partial charge on any atom is -0.497 e. The zero-order chi connectivity index (χ0) is 22.5. The second-order valence-electron chi connectivity index (χ2n) is 7.25. The van der Waals surface area contributed by atoms with Crippen LogP contribution in [-0.2, 0) is 11.2 Å². The van der Waals surface area contributed by atoms with Gasteiger partial charge in [-0.2, -0.15) is 5.10 Å². The Hall–Kier alpha value is -4.20. The SMILES string of the molecule is COc1ccc(CC(=O)Nc2ccc(Oc3cc(-n4nc(C)cc4C)ncn3)cc2)cc1. The standard InChI is InChI=1S/C24H23N5O3/c1-16-12-17(2)29(28-16)22-14-24(26-15-25-22)32-21-10-6-19(7-11-21)27-23(30)13-18-4-8-20(31-3)9-5-18/h4-12,14-15H,13H2,1-3H3,(H,27,30). The van der Waals surface area contributed by atoms with E-state index in [9.17, 15) is 4.79 Å². The third-order valence-electron chi connectivity index (χ3n) is 4.74. The van der Waals surface area contributed by atoms with Crippen LogP contribution in [0.3, 0.4) is 0 Å². The normalized spacial score (nSPS) is 10.6. The van der Waals surface area contributed by atoms with Crippen molar-refractivity contribution in [2.45, 2.75) is 20.3 Å². The number of methoxy groups -OCH3 is 1. The van der Waals surface area contributed by atoms with E-state index in [0.29, 0.717) is 23.1 Å². The maximum Gasteiger partial charge on any atom is 0.228 e. The molecule has 0 fully saturated rings. The van der Waals surface area contributed by atoms with Crippen molar-refractivity contribution in [1.29, 1.82) is 0 Å². The monoisotopic (exact) mass is 429 g/mol. The van der Waals surface area contributed by atoms with Gasteiger partial charge in [-0.15, -0.1) is 0 Å². The Morgan fingerprint density at radius 1 is 0.969 bits per heavy atom. The fourth-order valence-corrected chi connectivity index (χ4v) is 3.22. The zero-order valence-corrected chi connectivity index (χ0v) is 18.1. The molecule has 2 heterocycles. The number of amides is 1. The lowest BCUT2D eigenvalue weighted by Gasteiger charge is -2.09. The van der Waals surface area contributed by atoms with Crippen LogP contribution in [0.15, 0.2) is 67.0 Å². The van der Waals surface area contributed by atoms with E-state index in [1.54, 1.807) is 42.1 Å². The van der Waals surface area contributed by atoms with Crippen LogP contribution in [-0.4, -0.2) is 32.8 Å². The molecule has 8 heteroatoms. The van der Waals surface area contributed by atoms with Gasteiger partial charge in [0.05, 0.1) is 19.2 Å². The lowest BCUT2D eigenvalue weighted by Crippen LogP contribution is -2.14. The van der Waals surface area contributed by atoms with Crippen molar-refractivity contribution in [2.24, 2.45) is 0 Å². The van der Waals surface area contributed by atoms with Gasteiger partial charge in [0.1, 0.15) is 17.8 Å². The number of benzene rings is 2. The highest BCUT2D eigenvalue weighted by Gasteiger charge is 2.09. The molecule has 0 spiro atoms. The van der Waals surface area contributed by atoms with E-state index < -0.39 is 0 Å². The Balaban J connectivity index is 1.38. The number of nitrogens with one attached hydrogen (secondary N) is 1. The fourth-order valence-electron chi connectivity index (χ4n) is 3.22. The van der Waals surface area contributed by atoms with Crippen molar-refractivity contribution < 1.29 is 14.3 Å². The number of rotatable bonds is 7. The van der Waals surface area contributed by atoms with Gasteiger partial charge in [-0.25, -0.2) is 14.6 Å². The van der Waals surface area contributed by atoms with Crippen LogP contribution in [0, 0.1) is 13.8 Å². The van der Waals surface area contributed by atoms with Crippen LogP contribution in [0.2, 0.25) is 0 Å². The molecular formula is C24H23N5O3. The lowest BCUT2D eigenvalue weighted by atomic mass is 10.1. The second-order valence-corrected chi connectivity index (χ2v) is 7.25. The quantitative estimate of drug-likeness (QED) is 0.472. The number of ether oxygens (including phenoxy) is 2. The molecule has 0 radical (unpaired) electrons. The van der Waals surface area contributed by atoms with Crippen molar-refractivity contribution in [3.05, 3.63) is 83.9 Å². The molecule has 0 saturated carbocycles. The van der Waals surface area contributed by atoms with Crippen molar-refractivity contribution >= 4 is 11.6 Å². The molecule has 2 aromatic heterocycles. The first kappa shape index (κ1) is 21.0. The van der Waals surface area contributed by atoms with Crippen molar-refractivity contribution in [1.82, 2.24) is 19.7 Å². The van der Waals surface area contributed by atoms with E-state index in [0.717, 1.165) is 22.7 Å². The first-order valence-electron chi connectivity index (χ1n) is 10.1. The van der Waals surface area contributed by atoms with Crippen molar-refractivity contribution in [3.8, 4) is 23.2 Å². The minimum atomic E-state index is -0.103. The molecular weight excluding hydrogens is 406 g/mol. The van der Waals surface area contributed by atoms with Crippen LogP contribution >= 0.6 is 0 Å². The summed E-state index contributed by atoms with van der Waals surface area (Å²) in [6.07, 6.45) is 1.72. The molecule has 0 atom stereocenters. The van der Waals surface area contributed by atoms with Crippen LogP contribution in [0.25, 0.3) is 5.82 Å². The van der Waals surface area contributed by atoms with E-state index in [4.69, 9.17) is 9.47 Å². The number of nitrogens with zero attached hydrogens (tertiary/aromatic N) is 4. The van der Waals surface area contributed by atoms with Gasteiger partial charge in [0.15, 0.2) is 5.82 Å². The summed E-state index contributed by atoms with van der Waals surface area (Å²) in [5, 5.41) is 7.32. The van der Waals surface area contributed by atoms with Crippen LogP contribution in [0.5, 0.6) is 17.4 Å². The largest absolute Gasteiger partial charge is 0.497 e. The van der Waals surface area contributed by atoms with Crippen molar-refractivity contribution in [2.75, 3.05) is 12.4 Å². The molecule has 32 heavy (non-hydrogen) atoms. The summed E-state index contributed by atoms with van der Waals surface area (Å²) in [5.74, 6) is 2.28. The highest BCUT2D eigenvalue weighted by Crippen LogP contribution is 2.23. The van der Waals surface area contributed by atoms with E-state index in [2.05, 4.69) is 20.4 Å². The number of anilines is 1. The summed E-state index contributed by atoms with van der Waals surface area (Å²) in [6.45, 7) is 3.89. The van der Waals surface area contributed by atoms with Gasteiger partial charge in [-0.3, -0.25) is 4.79 Å². The van der Waals surface area contributed by atoms with Gasteiger partial charge in [-0.1, -0.05) is 12.1 Å². The number of aromatic nitrogens is 4. The first-order valence-corrected chi connectivity index (χ1v) is 10.1. The number of carbonyl (C=O) groups is 1. The lowest BCUT2D eigenvalue weighted by molar-refractivity contribution is -0.115. The van der Waals surface area contributed by atoms with Crippen LogP contribution < -0.4 is 14.8 Å². The highest BCUT2D eigenvalue weighted by atomic mass is 16.5. The highest BCUT2D eigenvalue weighted by molar-refractivity contribution is 5.92. The molecule has 1 amide bonds. The third-order valence-corrected chi connectivity index (χ3v) is 4.74. The Labute approximate surface area is 185 Å². The summed E-state index contributed by atoms with van der Waals surface area (Å²) in [5.41, 5.74) is 3.47. The molecule has 8 nitrogen and oxygen atoms in total. The minimum absolute atomic E-state index is 0.103. The van der Waals surface area contributed by atoms with Crippen molar-refractivity contribution in [3.63, 3.8) is 0 Å². The molecule has 0 saturated heterocycles. The Kier molecular flexibility index (Phi) is 6.12. The van der Waals surface area contributed by atoms with Gasteiger partial charge in [0, 0.05) is 17.4 Å². The molecule has 2 aromatic carbocycles. The fraction of sp³-hybridized carbons (Fsp3) is 0.167. The average molecular weight is 429 g/mol. The Bertz CT molecular complexity index is 1220. The molecule has 0 aliphatic carbocycles. The molecule has 0 aliphatic heterocycles. The molecule has 0 unspecified atom stereocenters. The predicted molar refractivity (Wildman–Crippen MR) is 120 cm³/mol. The molecule has 4 rings (SSSR count). The predicted octanol–water partition coefficient (Wildman–Crippen LogP) is 4.26. The van der Waals surface area contributed by atoms with Gasteiger partial charge in [0.25, 0.3) is 0 Å². The topological polar surface area (TPSA) is 91.2 Å². The summed E-state index contributed by atoms with van der Waals surface area (Å²) < 4.78 is 12.7. The van der Waals surface area contributed by atoms with E-state index in [1.165, 1.54) is 6.33 Å². The van der Waals surface area contributed by atoms with Gasteiger partial charge in [0.2, 0.25) is 11.8 Å². The number of carbonyl (C=O) groups excluding carboxylic acids is 1. The smallest absolute Gasteiger partial charge is 0.228 e. The third kappa shape index (κ3) is 5.10. The van der Waals surface area contributed by atoms with Gasteiger partial charge >= 0.3 is 0 Å². The first-order chi connectivity index (χ1) is 15.5. The van der Waals surface area contributed by atoms with E-state index in [1.807, 2.05) is 44.2 Å². The summed E-state index contributed by atoms with van der Waals surface area (Å²) >= 11 is 0. The second kappa shape index (κ2) is 9.30. The molecule has 4 aromatic rings. The summed E-state index contributed by atoms with van der Waals surface area (Å²) in [4.78, 5) is 20.8. The van der Waals surface area contributed by atoms with Gasteiger partial charge in [-0.05, 0) is 61.9 Å². The molecule has 0 bridgehead atoms. The number of hydrogen-bond acceptors (Lipinski definition) is 6. The average Bonchev–Trinajstić information content (AvgIpc) is 3.14. The number of hydrogen-bond donors (Lipinski definition) is 1. The van der Waals surface area contributed by atoms with E-state index in [-0.39, 0.29) is 12.3 Å². The van der Waals surface area contributed by atoms with E-state index >= 15 is 0 Å². The Morgan fingerprint density at radius 2 is 1.69 bits per heavy atom. The van der Waals surface area contributed by atoms with Crippen LogP contribution in [0.4, 0.5) is 5.69 Å². The van der Waals surface area contributed by atoms with Gasteiger partial charge < -0.3 is 14.8 Å². The summed E-state index contributed by atoms with van der Waals surface area (Å²) in [6, 6.07) is 18.2.